The van der Waals surface area contributed by atoms with Crippen LogP contribution < -0.4 is 10.5 Å². The number of rotatable bonds is 4. The van der Waals surface area contributed by atoms with E-state index in [0.717, 1.165) is 0 Å². The standard InChI is InChI=1S/C11H14F3NO/c1-2-16-9-5-3-8(4-6-9)7-10(15)11(12,13)14/h3-6,10H,2,7,15H2,1H3/t10-/m0/s1. The Morgan fingerprint density at radius 1 is 1.25 bits per heavy atom. The van der Waals surface area contributed by atoms with Gasteiger partial charge in [0.1, 0.15) is 11.8 Å². The monoisotopic (exact) mass is 233 g/mol. The molecule has 0 bridgehead atoms. The summed E-state index contributed by atoms with van der Waals surface area (Å²) in [7, 11) is 0. The first-order valence-electron chi connectivity index (χ1n) is 4.97. The average molecular weight is 233 g/mol. The number of hydrogen-bond donors (Lipinski definition) is 1. The molecule has 0 aromatic heterocycles. The van der Waals surface area contributed by atoms with E-state index >= 15 is 0 Å². The highest BCUT2D eigenvalue weighted by atomic mass is 19.4. The molecular weight excluding hydrogens is 219 g/mol. The first-order valence-corrected chi connectivity index (χ1v) is 4.97. The molecule has 1 aromatic rings. The molecule has 1 rings (SSSR count). The van der Waals surface area contributed by atoms with Crippen molar-refractivity contribution in [1.29, 1.82) is 0 Å². The number of hydrogen-bond acceptors (Lipinski definition) is 2. The van der Waals surface area contributed by atoms with E-state index in [1.165, 1.54) is 0 Å². The fourth-order valence-corrected chi connectivity index (χ4v) is 1.26. The SMILES string of the molecule is CCOc1ccc(C[C@H](N)C(F)(F)F)cc1. The third-order valence-electron chi connectivity index (χ3n) is 2.11. The maximum atomic E-state index is 12.2. The Bertz CT molecular complexity index is 321. The highest BCUT2D eigenvalue weighted by Crippen LogP contribution is 2.22. The van der Waals surface area contributed by atoms with Crippen LogP contribution in [0.5, 0.6) is 5.75 Å². The van der Waals surface area contributed by atoms with Gasteiger partial charge in [-0.15, -0.1) is 0 Å². The summed E-state index contributed by atoms with van der Waals surface area (Å²) in [6.45, 7) is 2.37. The van der Waals surface area contributed by atoms with Gasteiger partial charge in [0, 0.05) is 0 Å². The van der Waals surface area contributed by atoms with Gasteiger partial charge in [-0.3, -0.25) is 0 Å². The van der Waals surface area contributed by atoms with Crippen LogP contribution in [-0.2, 0) is 6.42 Å². The van der Waals surface area contributed by atoms with Crippen molar-refractivity contribution in [2.24, 2.45) is 5.73 Å². The highest BCUT2D eigenvalue weighted by molar-refractivity contribution is 5.27. The van der Waals surface area contributed by atoms with Crippen molar-refractivity contribution in [2.75, 3.05) is 6.61 Å². The Kier molecular flexibility index (Phi) is 4.18. The first kappa shape index (κ1) is 12.8. The molecule has 0 aliphatic rings. The van der Waals surface area contributed by atoms with Crippen LogP contribution in [0.4, 0.5) is 13.2 Å². The Morgan fingerprint density at radius 3 is 2.25 bits per heavy atom. The van der Waals surface area contributed by atoms with Gasteiger partial charge in [0.25, 0.3) is 0 Å². The molecule has 90 valence electrons. The van der Waals surface area contributed by atoms with E-state index in [1.54, 1.807) is 24.3 Å². The van der Waals surface area contributed by atoms with Gasteiger partial charge in [0.05, 0.1) is 6.61 Å². The molecular formula is C11H14F3NO. The van der Waals surface area contributed by atoms with Gasteiger partial charge in [-0.2, -0.15) is 13.2 Å². The summed E-state index contributed by atoms with van der Waals surface area (Å²) in [4.78, 5) is 0. The molecule has 0 unspecified atom stereocenters. The van der Waals surface area contributed by atoms with Crippen molar-refractivity contribution < 1.29 is 17.9 Å². The van der Waals surface area contributed by atoms with Gasteiger partial charge >= 0.3 is 6.18 Å². The lowest BCUT2D eigenvalue weighted by Gasteiger charge is -2.15. The fourth-order valence-electron chi connectivity index (χ4n) is 1.26. The predicted octanol–water partition coefficient (Wildman–Crippen LogP) is 2.52. The van der Waals surface area contributed by atoms with E-state index in [1.807, 2.05) is 6.92 Å². The quantitative estimate of drug-likeness (QED) is 0.867. The van der Waals surface area contributed by atoms with E-state index in [9.17, 15) is 13.2 Å². The topological polar surface area (TPSA) is 35.2 Å². The average Bonchev–Trinajstić information content (AvgIpc) is 2.20. The van der Waals surface area contributed by atoms with E-state index < -0.39 is 12.2 Å². The molecule has 5 heteroatoms. The maximum absolute atomic E-state index is 12.2. The van der Waals surface area contributed by atoms with Crippen LogP contribution in [-0.4, -0.2) is 18.8 Å². The van der Waals surface area contributed by atoms with Crippen molar-refractivity contribution in [2.45, 2.75) is 25.6 Å². The predicted molar refractivity (Wildman–Crippen MR) is 55.3 cm³/mol. The van der Waals surface area contributed by atoms with Crippen LogP contribution in [0.3, 0.4) is 0 Å². The van der Waals surface area contributed by atoms with Crippen LogP contribution in [0.1, 0.15) is 12.5 Å². The second kappa shape index (κ2) is 5.21. The zero-order valence-electron chi connectivity index (χ0n) is 8.92. The van der Waals surface area contributed by atoms with E-state index in [2.05, 4.69) is 0 Å². The Morgan fingerprint density at radius 2 is 1.81 bits per heavy atom. The normalized spacial score (nSPS) is 13.6. The Balaban J connectivity index is 2.62. The third kappa shape index (κ3) is 3.73. The summed E-state index contributed by atoms with van der Waals surface area (Å²) >= 11 is 0. The lowest BCUT2D eigenvalue weighted by molar-refractivity contribution is -0.147. The van der Waals surface area contributed by atoms with Crippen molar-refractivity contribution in [3.05, 3.63) is 29.8 Å². The summed E-state index contributed by atoms with van der Waals surface area (Å²) in [5.41, 5.74) is 5.57. The second-order valence-electron chi connectivity index (χ2n) is 3.43. The molecule has 2 N–H and O–H groups in total. The number of benzene rings is 1. The molecule has 0 aliphatic heterocycles. The number of ether oxygens (including phenoxy) is 1. The molecule has 1 aromatic carbocycles. The molecule has 16 heavy (non-hydrogen) atoms. The molecule has 0 aliphatic carbocycles. The molecule has 0 spiro atoms. The van der Waals surface area contributed by atoms with Crippen LogP contribution in [0.2, 0.25) is 0 Å². The fraction of sp³-hybridized carbons (Fsp3) is 0.455. The van der Waals surface area contributed by atoms with Gasteiger partial charge in [-0.25, -0.2) is 0 Å². The van der Waals surface area contributed by atoms with Gasteiger partial charge in [-0.1, -0.05) is 12.1 Å². The smallest absolute Gasteiger partial charge is 0.403 e. The number of halogens is 3. The first-order chi connectivity index (χ1) is 7.43. The van der Waals surface area contributed by atoms with Crippen LogP contribution >= 0.6 is 0 Å². The van der Waals surface area contributed by atoms with Crippen LogP contribution in [0.15, 0.2) is 24.3 Å². The largest absolute Gasteiger partial charge is 0.494 e. The summed E-state index contributed by atoms with van der Waals surface area (Å²) in [6.07, 6.45) is -4.56. The summed E-state index contributed by atoms with van der Waals surface area (Å²) in [5, 5.41) is 0. The van der Waals surface area contributed by atoms with Crippen molar-refractivity contribution in [3.63, 3.8) is 0 Å². The van der Waals surface area contributed by atoms with Gasteiger partial charge < -0.3 is 10.5 Å². The van der Waals surface area contributed by atoms with Gasteiger partial charge in [-0.05, 0) is 31.0 Å². The minimum atomic E-state index is -4.35. The molecule has 0 saturated carbocycles. The Hall–Kier alpha value is -1.23. The zero-order chi connectivity index (χ0) is 12.2. The third-order valence-corrected chi connectivity index (χ3v) is 2.11. The lowest BCUT2D eigenvalue weighted by Crippen LogP contribution is -2.39. The molecule has 1 atom stereocenters. The maximum Gasteiger partial charge on any atom is 0.403 e. The molecule has 0 fully saturated rings. The molecule has 0 saturated heterocycles. The molecule has 0 heterocycles. The van der Waals surface area contributed by atoms with Gasteiger partial charge in [0.15, 0.2) is 0 Å². The molecule has 2 nitrogen and oxygen atoms in total. The number of nitrogens with two attached hydrogens (primary N) is 1. The minimum absolute atomic E-state index is 0.212. The summed E-state index contributed by atoms with van der Waals surface area (Å²) in [5.74, 6) is 0.645. The van der Waals surface area contributed by atoms with Crippen molar-refractivity contribution in [3.8, 4) is 5.75 Å². The summed E-state index contributed by atoms with van der Waals surface area (Å²) in [6, 6.07) is 4.65. The summed E-state index contributed by atoms with van der Waals surface area (Å²) < 4.78 is 41.7. The highest BCUT2D eigenvalue weighted by Gasteiger charge is 2.36. The zero-order valence-corrected chi connectivity index (χ0v) is 8.92. The van der Waals surface area contributed by atoms with E-state index in [-0.39, 0.29) is 6.42 Å². The molecule has 0 radical (unpaired) electrons. The van der Waals surface area contributed by atoms with Crippen LogP contribution in [0.25, 0.3) is 0 Å². The lowest BCUT2D eigenvalue weighted by atomic mass is 10.1. The van der Waals surface area contributed by atoms with Gasteiger partial charge in [0.2, 0.25) is 0 Å². The van der Waals surface area contributed by atoms with E-state index in [4.69, 9.17) is 10.5 Å². The second-order valence-corrected chi connectivity index (χ2v) is 3.43. The Labute approximate surface area is 92.2 Å². The van der Waals surface area contributed by atoms with E-state index in [0.29, 0.717) is 17.9 Å². The van der Waals surface area contributed by atoms with Crippen molar-refractivity contribution >= 4 is 0 Å². The minimum Gasteiger partial charge on any atom is -0.494 e. The number of alkyl halides is 3. The van der Waals surface area contributed by atoms with Crippen LogP contribution in [0, 0.1) is 0 Å². The van der Waals surface area contributed by atoms with Crippen molar-refractivity contribution in [1.82, 2.24) is 0 Å². The molecule has 0 amide bonds.